The molecule has 0 aromatic rings. The van der Waals surface area contributed by atoms with Crippen molar-refractivity contribution in [2.45, 2.75) is 65.9 Å². The fraction of sp³-hybridized carbons (Fsp3) is 0.867. The van der Waals surface area contributed by atoms with Crippen LogP contribution in [0.15, 0.2) is 0 Å². The van der Waals surface area contributed by atoms with Gasteiger partial charge in [0.15, 0.2) is 6.61 Å². The molecule has 0 aromatic heterocycles. The fourth-order valence-corrected chi connectivity index (χ4v) is 2.74. The highest BCUT2D eigenvalue weighted by atomic mass is 16.6. The minimum absolute atomic E-state index is 0.104. The van der Waals surface area contributed by atoms with Crippen LogP contribution >= 0.6 is 0 Å². The van der Waals surface area contributed by atoms with Crippen LogP contribution in [0.3, 0.4) is 0 Å². The zero-order valence-corrected chi connectivity index (χ0v) is 12.5. The van der Waals surface area contributed by atoms with E-state index in [1.807, 2.05) is 6.92 Å². The van der Waals surface area contributed by atoms with Gasteiger partial charge in [-0.25, -0.2) is 4.79 Å². The third-order valence-electron chi connectivity index (χ3n) is 3.86. The third kappa shape index (κ3) is 5.62. The maximum Gasteiger partial charge on any atom is 0.344 e. The van der Waals surface area contributed by atoms with E-state index in [1.165, 1.54) is 12.8 Å². The van der Waals surface area contributed by atoms with Gasteiger partial charge in [-0.3, -0.25) is 4.79 Å². The van der Waals surface area contributed by atoms with E-state index < -0.39 is 5.97 Å². The lowest BCUT2D eigenvalue weighted by atomic mass is 9.71. The molecular formula is C15H26O4. The molecule has 1 aliphatic carbocycles. The standard InChI is InChI=1S/C15H26O4/c1-5-13(16)18-10-14(17)19-11(2)12-7-6-8-15(3,4)9-12/h11-12H,5-10H2,1-4H3/t11-,12+/m0/s1. The Morgan fingerprint density at radius 1 is 1.32 bits per heavy atom. The number of esters is 2. The van der Waals surface area contributed by atoms with E-state index in [-0.39, 0.29) is 25.1 Å². The van der Waals surface area contributed by atoms with Gasteiger partial charge >= 0.3 is 11.9 Å². The van der Waals surface area contributed by atoms with Crippen LogP contribution in [0.5, 0.6) is 0 Å². The summed E-state index contributed by atoms with van der Waals surface area (Å²) in [6.45, 7) is 7.88. The highest BCUT2D eigenvalue weighted by Gasteiger charge is 2.32. The Morgan fingerprint density at radius 2 is 2.00 bits per heavy atom. The SMILES string of the molecule is CCC(=O)OCC(=O)O[C@@H](C)[C@@H]1CCCC(C)(C)C1. The van der Waals surface area contributed by atoms with Crippen molar-refractivity contribution in [1.82, 2.24) is 0 Å². The topological polar surface area (TPSA) is 52.6 Å². The lowest BCUT2D eigenvalue weighted by molar-refractivity contribution is -0.164. The Labute approximate surface area is 115 Å². The number of rotatable bonds is 5. The maximum absolute atomic E-state index is 11.6. The Bertz CT molecular complexity index is 322. The van der Waals surface area contributed by atoms with Crippen molar-refractivity contribution in [2.24, 2.45) is 11.3 Å². The van der Waals surface area contributed by atoms with Gasteiger partial charge in [0.25, 0.3) is 0 Å². The van der Waals surface area contributed by atoms with Crippen molar-refractivity contribution in [3.05, 3.63) is 0 Å². The van der Waals surface area contributed by atoms with Gasteiger partial charge in [-0.2, -0.15) is 0 Å². The number of carbonyl (C=O) groups excluding carboxylic acids is 2. The lowest BCUT2D eigenvalue weighted by Crippen LogP contribution is -2.33. The molecule has 19 heavy (non-hydrogen) atoms. The first kappa shape index (κ1) is 16.0. The van der Waals surface area contributed by atoms with Crippen molar-refractivity contribution < 1.29 is 19.1 Å². The van der Waals surface area contributed by atoms with Gasteiger partial charge in [0, 0.05) is 6.42 Å². The van der Waals surface area contributed by atoms with Gasteiger partial charge < -0.3 is 9.47 Å². The van der Waals surface area contributed by atoms with E-state index in [4.69, 9.17) is 9.47 Å². The molecule has 0 heterocycles. The summed E-state index contributed by atoms with van der Waals surface area (Å²) in [4.78, 5) is 22.5. The Kier molecular flexibility index (Phi) is 5.83. The van der Waals surface area contributed by atoms with Crippen molar-refractivity contribution in [1.29, 1.82) is 0 Å². The first-order chi connectivity index (χ1) is 8.84. The van der Waals surface area contributed by atoms with E-state index in [2.05, 4.69) is 13.8 Å². The van der Waals surface area contributed by atoms with Crippen LogP contribution in [0.2, 0.25) is 0 Å². The predicted molar refractivity (Wildman–Crippen MR) is 72.5 cm³/mol. The summed E-state index contributed by atoms with van der Waals surface area (Å²) in [6, 6.07) is 0. The molecule has 0 radical (unpaired) electrons. The van der Waals surface area contributed by atoms with Gasteiger partial charge in [0.05, 0.1) is 0 Å². The van der Waals surface area contributed by atoms with Gasteiger partial charge in [-0.15, -0.1) is 0 Å². The summed E-state index contributed by atoms with van der Waals surface area (Å²) in [5, 5.41) is 0. The summed E-state index contributed by atoms with van der Waals surface area (Å²) in [5.74, 6) is -0.407. The quantitative estimate of drug-likeness (QED) is 0.720. The summed E-state index contributed by atoms with van der Waals surface area (Å²) < 4.78 is 10.1. The zero-order valence-electron chi connectivity index (χ0n) is 12.5. The number of hydrogen-bond acceptors (Lipinski definition) is 4. The van der Waals surface area contributed by atoms with E-state index in [0.29, 0.717) is 11.3 Å². The van der Waals surface area contributed by atoms with Crippen LogP contribution in [0.4, 0.5) is 0 Å². The van der Waals surface area contributed by atoms with Crippen molar-refractivity contribution >= 4 is 11.9 Å². The first-order valence-electron chi connectivity index (χ1n) is 7.19. The average molecular weight is 270 g/mol. The summed E-state index contributed by atoms with van der Waals surface area (Å²) >= 11 is 0. The molecule has 0 unspecified atom stereocenters. The molecule has 4 heteroatoms. The maximum atomic E-state index is 11.6. The van der Waals surface area contributed by atoms with E-state index in [0.717, 1.165) is 12.8 Å². The molecule has 0 aliphatic heterocycles. The summed E-state index contributed by atoms with van der Waals surface area (Å²) in [5.41, 5.74) is 0.332. The average Bonchev–Trinajstić information content (AvgIpc) is 2.34. The molecule has 4 nitrogen and oxygen atoms in total. The highest BCUT2D eigenvalue weighted by Crippen LogP contribution is 2.40. The Hall–Kier alpha value is -1.06. The second-order valence-corrected chi connectivity index (χ2v) is 6.23. The predicted octanol–water partition coefficient (Wildman–Crippen LogP) is 3.09. The molecule has 1 aliphatic rings. The van der Waals surface area contributed by atoms with Crippen LogP contribution < -0.4 is 0 Å². The molecule has 0 spiro atoms. The monoisotopic (exact) mass is 270 g/mol. The first-order valence-corrected chi connectivity index (χ1v) is 7.19. The van der Waals surface area contributed by atoms with Gasteiger partial charge in [0.1, 0.15) is 6.10 Å². The van der Waals surface area contributed by atoms with Crippen LogP contribution in [0.25, 0.3) is 0 Å². The molecule has 1 saturated carbocycles. The van der Waals surface area contributed by atoms with E-state index in [9.17, 15) is 9.59 Å². The van der Waals surface area contributed by atoms with Gasteiger partial charge in [-0.05, 0) is 37.5 Å². The van der Waals surface area contributed by atoms with Gasteiger partial charge in [-0.1, -0.05) is 27.2 Å². The highest BCUT2D eigenvalue weighted by molar-refractivity contribution is 5.76. The fourth-order valence-electron chi connectivity index (χ4n) is 2.74. The number of carbonyl (C=O) groups is 2. The normalized spacial score (nSPS) is 23.5. The smallest absolute Gasteiger partial charge is 0.344 e. The molecule has 0 N–H and O–H groups in total. The second-order valence-electron chi connectivity index (χ2n) is 6.23. The van der Waals surface area contributed by atoms with E-state index in [1.54, 1.807) is 6.92 Å². The second kappa shape index (κ2) is 6.92. The minimum Gasteiger partial charge on any atom is -0.460 e. The van der Waals surface area contributed by atoms with Crippen molar-refractivity contribution in [3.8, 4) is 0 Å². The minimum atomic E-state index is -0.447. The molecule has 0 amide bonds. The molecule has 110 valence electrons. The molecule has 0 saturated heterocycles. The zero-order chi connectivity index (χ0) is 14.5. The third-order valence-corrected chi connectivity index (χ3v) is 3.86. The summed E-state index contributed by atoms with van der Waals surface area (Å²) in [6.07, 6.45) is 4.78. The van der Waals surface area contributed by atoms with Crippen molar-refractivity contribution in [2.75, 3.05) is 6.61 Å². The Balaban J connectivity index is 2.35. The van der Waals surface area contributed by atoms with Crippen LogP contribution in [-0.2, 0) is 19.1 Å². The number of hydrogen-bond donors (Lipinski definition) is 0. The Morgan fingerprint density at radius 3 is 2.58 bits per heavy atom. The molecule has 1 rings (SSSR count). The van der Waals surface area contributed by atoms with E-state index >= 15 is 0 Å². The van der Waals surface area contributed by atoms with Crippen LogP contribution in [-0.4, -0.2) is 24.6 Å². The molecule has 1 fully saturated rings. The number of ether oxygens (including phenoxy) is 2. The molecular weight excluding hydrogens is 244 g/mol. The largest absolute Gasteiger partial charge is 0.460 e. The van der Waals surface area contributed by atoms with Gasteiger partial charge in [0.2, 0.25) is 0 Å². The van der Waals surface area contributed by atoms with Crippen LogP contribution in [0.1, 0.15) is 59.8 Å². The summed E-state index contributed by atoms with van der Waals surface area (Å²) in [7, 11) is 0. The van der Waals surface area contributed by atoms with Crippen LogP contribution in [0, 0.1) is 11.3 Å². The molecule has 0 aromatic carbocycles. The molecule has 2 atom stereocenters. The lowest BCUT2D eigenvalue weighted by Gasteiger charge is -2.37. The van der Waals surface area contributed by atoms with Crippen molar-refractivity contribution in [3.63, 3.8) is 0 Å². The molecule has 0 bridgehead atoms.